The molecule has 0 spiro atoms. The van der Waals surface area contributed by atoms with Gasteiger partial charge in [-0.1, -0.05) is 11.6 Å². The predicted molar refractivity (Wildman–Crippen MR) is 120 cm³/mol. The highest BCUT2D eigenvalue weighted by molar-refractivity contribution is 7.89. The molecule has 0 atom stereocenters. The molecule has 8 nitrogen and oxygen atoms in total. The number of carbonyl (C=O) groups is 2. The van der Waals surface area contributed by atoms with Crippen molar-refractivity contribution in [2.45, 2.75) is 24.8 Å². The lowest BCUT2D eigenvalue weighted by molar-refractivity contribution is -0.116. The van der Waals surface area contributed by atoms with Crippen LogP contribution in [0.15, 0.2) is 47.4 Å². The number of carbonyl (C=O) groups excluding carboxylic acids is 2. The van der Waals surface area contributed by atoms with Crippen LogP contribution in [0.1, 0.15) is 24.2 Å². The molecule has 168 valence electrons. The number of hydrogen-bond donors (Lipinski definition) is 1. The quantitative estimate of drug-likeness (QED) is 0.643. The molecule has 1 N–H and O–H groups in total. The number of amides is 2. The summed E-state index contributed by atoms with van der Waals surface area (Å²) in [5, 5.41) is 3.09. The Morgan fingerprint density at radius 1 is 1.10 bits per heavy atom. The van der Waals surface area contributed by atoms with Crippen molar-refractivity contribution >= 4 is 39.1 Å². The number of sulfonamides is 1. The van der Waals surface area contributed by atoms with E-state index in [-0.39, 0.29) is 23.0 Å². The molecule has 2 aromatic rings. The van der Waals surface area contributed by atoms with E-state index < -0.39 is 21.8 Å². The van der Waals surface area contributed by atoms with Crippen LogP contribution in [0, 0.1) is 0 Å². The van der Waals surface area contributed by atoms with Crippen LogP contribution in [0.2, 0.25) is 5.02 Å². The molecular formula is C21H26ClN3O5S. The zero-order chi connectivity index (χ0) is 23.3. The maximum atomic E-state index is 12.7. The number of likely N-dealkylation sites (N-methyl/N-ethyl adjacent to an activating group) is 1. The molecule has 2 rings (SSSR count). The lowest BCUT2D eigenvalue weighted by Crippen LogP contribution is -2.35. The van der Waals surface area contributed by atoms with Gasteiger partial charge in [0.2, 0.25) is 15.9 Å². The summed E-state index contributed by atoms with van der Waals surface area (Å²) in [4.78, 5) is 26.4. The van der Waals surface area contributed by atoms with Gasteiger partial charge in [-0.05, 0) is 56.3 Å². The summed E-state index contributed by atoms with van der Waals surface area (Å²) in [7, 11) is 0.807. The Balaban J connectivity index is 2.08. The number of nitrogens with one attached hydrogen (secondary N) is 1. The Hall–Kier alpha value is -2.62. The van der Waals surface area contributed by atoms with Crippen LogP contribution in [-0.2, 0) is 14.8 Å². The lowest BCUT2D eigenvalue weighted by Gasteiger charge is -2.21. The van der Waals surface area contributed by atoms with Crippen LogP contribution < -0.4 is 10.1 Å². The second-order valence-corrected chi connectivity index (χ2v) is 9.63. The van der Waals surface area contributed by atoms with Gasteiger partial charge in [-0.3, -0.25) is 9.59 Å². The largest absolute Gasteiger partial charge is 0.495 e. The molecule has 2 aromatic carbocycles. The van der Waals surface area contributed by atoms with Crippen LogP contribution in [0.25, 0.3) is 0 Å². The van der Waals surface area contributed by atoms with E-state index in [9.17, 15) is 18.0 Å². The van der Waals surface area contributed by atoms with E-state index in [0.29, 0.717) is 16.5 Å². The van der Waals surface area contributed by atoms with Crippen molar-refractivity contribution in [1.82, 2.24) is 9.21 Å². The summed E-state index contributed by atoms with van der Waals surface area (Å²) in [5.74, 6) is -0.418. The van der Waals surface area contributed by atoms with Crippen molar-refractivity contribution in [3.05, 3.63) is 53.1 Å². The third-order valence-electron chi connectivity index (χ3n) is 4.67. The van der Waals surface area contributed by atoms with Crippen molar-refractivity contribution in [2.75, 3.05) is 33.1 Å². The molecule has 0 aliphatic rings. The summed E-state index contributed by atoms with van der Waals surface area (Å²) in [5.41, 5.74) is 0.659. The fourth-order valence-corrected chi connectivity index (χ4v) is 4.23. The molecule has 0 aromatic heterocycles. The van der Waals surface area contributed by atoms with Gasteiger partial charge in [0.05, 0.1) is 24.2 Å². The van der Waals surface area contributed by atoms with E-state index in [2.05, 4.69) is 5.32 Å². The van der Waals surface area contributed by atoms with Crippen molar-refractivity contribution in [2.24, 2.45) is 0 Å². The molecular weight excluding hydrogens is 442 g/mol. The number of hydrogen-bond acceptors (Lipinski definition) is 5. The normalized spacial score (nSPS) is 11.5. The molecule has 0 saturated carbocycles. The molecule has 31 heavy (non-hydrogen) atoms. The van der Waals surface area contributed by atoms with Gasteiger partial charge in [0, 0.05) is 30.7 Å². The summed E-state index contributed by atoms with van der Waals surface area (Å²) < 4.78 is 31.5. The summed E-state index contributed by atoms with van der Waals surface area (Å²) >= 11 is 5.96. The molecule has 0 unspecified atom stereocenters. The minimum atomic E-state index is -3.64. The number of benzene rings is 2. The molecule has 0 saturated heterocycles. The number of nitrogens with zero attached hydrogens (tertiary/aromatic N) is 2. The molecule has 0 bridgehead atoms. The SMILES string of the molecule is COc1ccc(Cl)cc1NC(=O)CN(C)C(=O)c1ccc(S(=O)(=O)N(C)C(C)C)cc1. The van der Waals surface area contributed by atoms with Gasteiger partial charge >= 0.3 is 0 Å². The minimum absolute atomic E-state index is 0.0914. The fourth-order valence-electron chi connectivity index (χ4n) is 2.69. The highest BCUT2D eigenvalue weighted by Crippen LogP contribution is 2.27. The summed E-state index contributed by atoms with van der Waals surface area (Å²) in [6, 6.07) is 10.2. The Bertz CT molecular complexity index is 1060. The fraction of sp³-hybridized carbons (Fsp3) is 0.333. The first kappa shape index (κ1) is 24.6. The van der Waals surface area contributed by atoms with E-state index >= 15 is 0 Å². The van der Waals surface area contributed by atoms with Crippen molar-refractivity contribution in [1.29, 1.82) is 0 Å². The molecule has 0 radical (unpaired) electrons. The maximum Gasteiger partial charge on any atom is 0.254 e. The average Bonchev–Trinajstić information content (AvgIpc) is 2.72. The second kappa shape index (κ2) is 10.1. The van der Waals surface area contributed by atoms with Crippen LogP contribution in [-0.4, -0.2) is 63.2 Å². The molecule has 2 amide bonds. The van der Waals surface area contributed by atoms with Gasteiger partial charge in [0.25, 0.3) is 5.91 Å². The Kier molecular flexibility index (Phi) is 8.05. The number of ether oxygens (including phenoxy) is 1. The first-order valence-electron chi connectivity index (χ1n) is 9.44. The van der Waals surface area contributed by atoms with Gasteiger partial charge < -0.3 is 15.0 Å². The van der Waals surface area contributed by atoms with E-state index in [0.717, 1.165) is 0 Å². The van der Waals surface area contributed by atoms with Gasteiger partial charge in [-0.15, -0.1) is 0 Å². The molecule has 0 fully saturated rings. The molecule has 0 aliphatic heterocycles. The first-order valence-corrected chi connectivity index (χ1v) is 11.3. The van der Waals surface area contributed by atoms with Crippen LogP contribution >= 0.6 is 11.6 Å². The Labute approximate surface area is 187 Å². The summed E-state index contributed by atoms with van der Waals surface area (Å²) in [6.45, 7) is 3.33. The molecule has 0 aliphatic carbocycles. The number of methoxy groups -OCH3 is 1. The first-order chi connectivity index (χ1) is 14.5. The smallest absolute Gasteiger partial charge is 0.254 e. The highest BCUT2D eigenvalue weighted by Gasteiger charge is 2.24. The van der Waals surface area contributed by atoms with Gasteiger partial charge in [-0.2, -0.15) is 4.31 Å². The lowest BCUT2D eigenvalue weighted by atomic mass is 10.2. The number of halogens is 1. The van der Waals surface area contributed by atoms with Crippen molar-refractivity contribution < 1.29 is 22.7 Å². The van der Waals surface area contributed by atoms with E-state index in [1.165, 1.54) is 54.7 Å². The third kappa shape index (κ3) is 5.96. The van der Waals surface area contributed by atoms with E-state index in [1.54, 1.807) is 32.0 Å². The van der Waals surface area contributed by atoms with Gasteiger partial charge in [-0.25, -0.2) is 8.42 Å². The van der Waals surface area contributed by atoms with Crippen LogP contribution in [0.5, 0.6) is 5.75 Å². The van der Waals surface area contributed by atoms with Crippen molar-refractivity contribution in [3.8, 4) is 5.75 Å². The van der Waals surface area contributed by atoms with Gasteiger partial charge in [0.1, 0.15) is 5.75 Å². The highest BCUT2D eigenvalue weighted by atomic mass is 35.5. The van der Waals surface area contributed by atoms with Crippen LogP contribution in [0.4, 0.5) is 5.69 Å². The number of anilines is 1. The second-order valence-electron chi connectivity index (χ2n) is 7.19. The maximum absolute atomic E-state index is 12.7. The van der Waals surface area contributed by atoms with E-state index in [1.807, 2.05) is 0 Å². The number of rotatable bonds is 8. The topological polar surface area (TPSA) is 96.0 Å². The Morgan fingerprint density at radius 2 is 1.71 bits per heavy atom. The molecule has 10 heteroatoms. The zero-order valence-corrected chi connectivity index (χ0v) is 19.6. The van der Waals surface area contributed by atoms with E-state index in [4.69, 9.17) is 16.3 Å². The summed E-state index contributed by atoms with van der Waals surface area (Å²) in [6.07, 6.45) is 0. The van der Waals surface area contributed by atoms with Gasteiger partial charge in [0.15, 0.2) is 0 Å². The molecule has 0 heterocycles. The zero-order valence-electron chi connectivity index (χ0n) is 18.0. The van der Waals surface area contributed by atoms with Crippen LogP contribution in [0.3, 0.4) is 0 Å². The average molecular weight is 468 g/mol. The predicted octanol–water partition coefficient (Wildman–Crippen LogP) is 3.09. The third-order valence-corrected chi connectivity index (χ3v) is 6.95. The monoisotopic (exact) mass is 467 g/mol. The Morgan fingerprint density at radius 3 is 2.26 bits per heavy atom. The standard InChI is InChI=1S/C21H26ClN3O5S/c1-14(2)25(4)31(28,29)17-9-6-15(7-10-17)21(27)24(3)13-20(26)23-18-12-16(22)8-11-19(18)30-5/h6-12,14H,13H2,1-5H3,(H,23,26). The van der Waals surface area contributed by atoms with Crippen molar-refractivity contribution in [3.63, 3.8) is 0 Å². The minimum Gasteiger partial charge on any atom is -0.495 e.